The van der Waals surface area contributed by atoms with Crippen LogP contribution in [0, 0.1) is 0 Å². The molecule has 0 bridgehead atoms. The minimum atomic E-state index is -0.298. The molecule has 2 N–H and O–H groups in total. The molecule has 2 amide bonds. The third-order valence-electron chi connectivity index (χ3n) is 8.14. The van der Waals surface area contributed by atoms with E-state index in [1.807, 2.05) is 47.4 Å². The molecular formula is C33H31N3O5. The summed E-state index contributed by atoms with van der Waals surface area (Å²) in [6.07, 6.45) is 6.29. The lowest BCUT2D eigenvalue weighted by molar-refractivity contribution is -0.128. The molecule has 8 nitrogen and oxygen atoms in total. The molecule has 41 heavy (non-hydrogen) atoms. The second kappa shape index (κ2) is 10.8. The van der Waals surface area contributed by atoms with Gasteiger partial charge in [0.05, 0.1) is 12.1 Å². The second-order valence-electron chi connectivity index (χ2n) is 10.7. The van der Waals surface area contributed by atoms with E-state index in [1.165, 1.54) is 10.9 Å². The summed E-state index contributed by atoms with van der Waals surface area (Å²) in [5.41, 5.74) is 5.71. The van der Waals surface area contributed by atoms with Gasteiger partial charge in [0.1, 0.15) is 0 Å². The number of aromatic nitrogens is 1. The Hall–Kier alpha value is -4.56. The summed E-state index contributed by atoms with van der Waals surface area (Å²) < 4.78 is 16.8. The maximum Gasteiger partial charge on any atom is 0.251 e. The molecule has 2 unspecified atom stereocenters. The predicted molar refractivity (Wildman–Crippen MR) is 155 cm³/mol. The molecule has 0 radical (unpaired) electrons. The highest BCUT2D eigenvalue weighted by Crippen LogP contribution is 2.42. The zero-order valence-corrected chi connectivity index (χ0v) is 22.6. The monoisotopic (exact) mass is 549 g/mol. The SMILES string of the molecule is O=C(NCC1CCCO1)c1ccc(C=CC(=O)N2CCc3c([nH]c4ccccc34)C2c2ccc3c(c2)OCO3)cc1. The van der Waals surface area contributed by atoms with Crippen molar-refractivity contribution in [3.8, 4) is 11.5 Å². The summed E-state index contributed by atoms with van der Waals surface area (Å²) in [5, 5.41) is 4.14. The van der Waals surface area contributed by atoms with Gasteiger partial charge in [-0.25, -0.2) is 0 Å². The fourth-order valence-electron chi connectivity index (χ4n) is 6.03. The van der Waals surface area contributed by atoms with Gasteiger partial charge in [0.2, 0.25) is 12.7 Å². The average molecular weight is 550 g/mol. The number of ether oxygens (including phenoxy) is 3. The zero-order chi connectivity index (χ0) is 27.8. The van der Waals surface area contributed by atoms with Crippen LogP contribution in [-0.4, -0.2) is 54.3 Å². The van der Waals surface area contributed by atoms with Crippen molar-refractivity contribution in [2.75, 3.05) is 26.5 Å². The lowest BCUT2D eigenvalue weighted by Gasteiger charge is -2.35. The molecular weight excluding hydrogens is 518 g/mol. The van der Waals surface area contributed by atoms with Gasteiger partial charge >= 0.3 is 0 Å². The van der Waals surface area contributed by atoms with Crippen LogP contribution in [0.5, 0.6) is 11.5 Å². The lowest BCUT2D eigenvalue weighted by Crippen LogP contribution is -2.39. The van der Waals surface area contributed by atoms with E-state index in [2.05, 4.69) is 22.4 Å². The quantitative estimate of drug-likeness (QED) is 0.331. The van der Waals surface area contributed by atoms with Crippen LogP contribution >= 0.6 is 0 Å². The molecule has 1 aromatic heterocycles. The van der Waals surface area contributed by atoms with Gasteiger partial charge in [-0.2, -0.15) is 0 Å². The first-order valence-electron chi connectivity index (χ1n) is 14.1. The van der Waals surface area contributed by atoms with Crippen LogP contribution in [0.2, 0.25) is 0 Å². The van der Waals surface area contributed by atoms with Gasteiger partial charge in [-0.1, -0.05) is 36.4 Å². The van der Waals surface area contributed by atoms with Gasteiger partial charge in [-0.05, 0) is 72.4 Å². The van der Waals surface area contributed by atoms with E-state index in [1.54, 1.807) is 24.3 Å². The maximum absolute atomic E-state index is 13.7. The summed E-state index contributed by atoms with van der Waals surface area (Å²) in [6, 6.07) is 21.1. The van der Waals surface area contributed by atoms with E-state index in [0.717, 1.165) is 48.2 Å². The number of carbonyl (C=O) groups excluding carboxylic acids is 2. The molecule has 4 heterocycles. The first-order chi connectivity index (χ1) is 20.1. The van der Waals surface area contributed by atoms with Crippen molar-refractivity contribution in [2.45, 2.75) is 31.4 Å². The summed E-state index contributed by atoms with van der Waals surface area (Å²) in [5.74, 6) is 1.19. The molecule has 3 aromatic carbocycles. The minimum Gasteiger partial charge on any atom is -0.454 e. The van der Waals surface area contributed by atoms with Crippen LogP contribution in [0.15, 0.2) is 72.8 Å². The minimum absolute atomic E-state index is 0.0876. The number of para-hydroxylation sites is 1. The smallest absolute Gasteiger partial charge is 0.251 e. The van der Waals surface area contributed by atoms with E-state index in [4.69, 9.17) is 14.2 Å². The molecule has 8 heteroatoms. The molecule has 1 saturated heterocycles. The molecule has 0 saturated carbocycles. The van der Waals surface area contributed by atoms with Crippen molar-refractivity contribution in [1.29, 1.82) is 0 Å². The predicted octanol–water partition coefficient (Wildman–Crippen LogP) is 4.99. The van der Waals surface area contributed by atoms with Gasteiger partial charge in [0, 0.05) is 47.9 Å². The first kappa shape index (κ1) is 25.4. The number of rotatable bonds is 6. The molecule has 208 valence electrons. The van der Waals surface area contributed by atoms with Gasteiger partial charge in [-0.15, -0.1) is 0 Å². The standard InChI is InChI=1S/C33H31N3O5/c37-30(14-9-21-7-10-22(11-8-21)33(38)34-19-24-4-3-17-39-24)36-16-15-26-25-5-1-2-6-27(25)35-31(26)32(36)23-12-13-28-29(18-23)41-20-40-28/h1-2,5-14,18,24,32,35H,3-4,15-17,19-20H2,(H,34,38). The van der Waals surface area contributed by atoms with Crippen LogP contribution in [0.25, 0.3) is 17.0 Å². The number of hydrogen-bond acceptors (Lipinski definition) is 5. The highest BCUT2D eigenvalue weighted by atomic mass is 16.7. The van der Waals surface area contributed by atoms with Crippen molar-refractivity contribution in [3.63, 3.8) is 0 Å². The first-order valence-corrected chi connectivity index (χ1v) is 14.1. The van der Waals surface area contributed by atoms with Crippen LogP contribution in [-0.2, 0) is 16.0 Å². The topological polar surface area (TPSA) is 92.9 Å². The summed E-state index contributed by atoms with van der Waals surface area (Å²) in [7, 11) is 0. The fraction of sp³-hybridized carbons (Fsp3) is 0.273. The molecule has 7 rings (SSSR count). The number of nitrogens with one attached hydrogen (secondary N) is 2. The highest BCUT2D eigenvalue weighted by Gasteiger charge is 2.34. The Morgan fingerprint density at radius 3 is 2.73 bits per heavy atom. The molecule has 2 atom stereocenters. The van der Waals surface area contributed by atoms with Gasteiger partial charge in [-0.3, -0.25) is 9.59 Å². The molecule has 0 aliphatic carbocycles. The molecule has 3 aliphatic heterocycles. The molecule has 3 aliphatic rings. The van der Waals surface area contributed by atoms with Crippen molar-refractivity contribution in [2.24, 2.45) is 0 Å². The van der Waals surface area contributed by atoms with Gasteiger partial charge in [0.25, 0.3) is 5.91 Å². The molecule has 1 fully saturated rings. The fourth-order valence-corrected chi connectivity index (χ4v) is 6.03. The van der Waals surface area contributed by atoms with Crippen molar-refractivity contribution >= 4 is 28.8 Å². The number of amides is 2. The Morgan fingerprint density at radius 1 is 1.02 bits per heavy atom. The Labute approximate surface area is 237 Å². The number of aromatic amines is 1. The number of benzene rings is 3. The highest BCUT2D eigenvalue weighted by molar-refractivity contribution is 5.95. The van der Waals surface area contributed by atoms with Crippen LogP contribution < -0.4 is 14.8 Å². The maximum atomic E-state index is 13.7. The van der Waals surface area contributed by atoms with Crippen LogP contribution in [0.3, 0.4) is 0 Å². The van der Waals surface area contributed by atoms with E-state index in [9.17, 15) is 9.59 Å². The van der Waals surface area contributed by atoms with E-state index >= 15 is 0 Å². The van der Waals surface area contributed by atoms with E-state index in [-0.39, 0.29) is 30.8 Å². The normalized spacial score (nSPS) is 19.6. The van der Waals surface area contributed by atoms with E-state index < -0.39 is 0 Å². The van der Waals surface area contributed by atoms with Crippen molar-refractivity contribution < 1.29 is 23.8 Å². The second-order valence-corrected chi connectivity index (χ2v) is 10.7. The number of carbonyl (C=O) groups is 2. The lowest BCUT2D eigenvalue weighted by atomic mass is 9.92. The summed E-state index contributed by atoms with van der Waals surface area (Å²) >= 11 is 0. The van der Waals surface area contributed by atoms with Crippen LogP contribution in [0.4, 0.5) is 0 Å². The average Bonchev–Trinajstić information content (AvgIpc) is 3.78. The third-order valence-corrected chi connectivity index (χ3v) is 8.14. The third kappa shape index (κ3) is 4.95. The van der Waals surface area contributed by atoms with E-state index in [0.29, 0.717) is 30.2 Å². The summed E-state index contributed by atoms with van der Waals surface area (Å²) in [4.78, 5) is 31.7. The van der Waals surface area contributed by atoms with Crippen molar-refractivity contribution in [1.82, 2.24) is 15.2 Å². The van der Waals surface area contributed by atoms with Gasteiger partial charge < -0.3 is 29.4 Å². The zero-order valence-electron chi connectivity index (χ0n) is 22.6. The number of fused-ring (bicyclic) bond motifs is 4. The van der Waals surface area contributed by atoms with Gasteiger partial charge in [0.15, 0.2) is 11.5 Å². The Balaban J connectivity index is 1.12. The number of hydrogen-bond donors (Lipinski definition) is 2. The van der Waals surface area contributed by atoms with Crippen molar-refractivity contribution in [3.05, 3.63) is 101 Å². The largest absolute Gasteiger partial charge is 0.454 e. The number of nitrogens with zero attached hydrogens (tertiary/aromatic N) is 1. The summed E-state index contributed by atoms with van der Waals surface area (Å²) in [6.45, 7) is 2.06. The number of H-pyrrole nitrogens is 1. The van der Waals surface area contributed by atoms with Crippen LogP contribution in [0.1, 0.15) is 51.6 Å². The Bertz CT molecular complexity index is 1630. The molecule has 0 spiro atoms. The Kier molecular flexibility index (Phi) is 6.68. The Morgan fingerprint density at radius 2 is 1.88 bits per heavy atom. The molecule has 4 aromatic rings.